The molecule has 0 saturated heterocycles. The van der Waals surface area contributed by atoms with Crippen LogP contribution in [0.25, 0.3) is 12.2 Å². The Bertz CT molecular complexity index is 654. The molecule has 0 bridgehead atoms. The van der Waals surface area contributed by atoms with E-state index in [2.05, 4.69) is 74.5 Å². The Morgan fingerprint density at radius 2 is 1.13 bits per heavy atom. The van der Waals surface area contributed by atoms with E-state index in [1.165, 1.54) is 22.3 Å². The molecule has 118 valence electrons. The van der Waals surface area contributed by atoms with E-state index in [0.717, 1.165) is 30.4 Å². The van der Waals surface area contributed by atoms with Gasteiger partial charge in [-0.15, -0.1) is 0 Å². The standard InChI is InChI=1S/C22H24O/c1-16-6-10-18(11-7-16)14-20-4-3-5-21(22(20)23)15-19-12-8-17(2)9-13-19/h6-15,22-23H,3-5H2,1-2H3/b20-14+,21-15+. The molecule has 0 spiro atoms. The second-order valence-electron chi connectivity index (χ2n) is 6.52. The fourth-order valence-corrected chi connectivity index (χ4v) is 3.06. The molecule has 23 heavy (non-hydrogen) atoms. The summed E-state index contributed by atoms with van der Waals surface area (Å²) >= 11 is 0. The van der Waals surface area contributed by atoms with Crippen LogP contribution in [-0.2, 0) is 0 Å². The van der Waals surface area contributed by atoms with Gasteiger partial charge >= 0.3 is 0 Å². The number of aliphatic hydroxyl groups excluding tert-OH is 1. The molecule has 1 fully saturated rings. The summed E-state index contributed by atoms with van der Waals surface area (Å²) in [6.45, 7) is 4.18. The normalized spacial score (nSPS) is 19.4. The van der Waals surface area contributed by atoms with Crippen LogP contribution in [0.2, 0.25) is 0 Å². The quantitative estimate of drug-likeness (QED) is 0.796. The number of aryl methyl sites for hydroxylation is 2. The first-order chi connectivity index (χ1) is 11.1. The average molecular weight is 304 g/mol. The van der Waals surface area contributed by atoms with Crippen molar-refractivity contribution in [2.75, 3.05) is 0 Å². The molecule has 0 aromatic heterocycles. The first-order valence-electron chi connectivity index (χ1n) is 8.34. The molecule has 2 aromatic carbocycles. The fraction of sp³-hybridized carbons (Fsp3) is 0.273. The maximum atomic E-state index is 10.7. The zero-order valence-electron chi connectivity index (χ0n) is 13.9. The van der Waals surface area contributed by atoms with E-state index >= 15 is 0 Å². The Labute approximate surface area is 139 Å². The molecule has 1 saturated carbocycles. The van der Waals surface area contributed by atoms with Gasteiger partial charge in [-0.3, -0.25) is 0 Å². The minimum atomic E-state index is -0.452. The fourth-order valence-electron chi connectivity index (χ4n) is 3.06. The van der Waals surface area contributed by atoms with Crippen LogP contribution in [0.15, 0.2) is 59.7 Å². The van der Waals surface area contributed by atoms with E-state index in [0.29, 0.717) is 0 Å². The Kier molecular flexibility index (Phi) is 4.78. The first kappa shape index (κ1) is 15.8. The molecule has 2 aromatic rings. The van der Waals surface area contributed by atoms with Crippen molar-refractivity contribution in [1.82, 2.24) is 0 Å². The van der Waals surface area contributed by atoms with Gasteiger partial charge in [-0.05, 0) is 55.4 Å². The zero-order chi connectivity index (χ0) is 16.2. The van der Waals surface area contributed by atoms with E-state index in [1.807, 2.05) is 0 Å². The maximum Gasteiger partial charge on any atom is 0.0967 e. The van der Waals surface area contributed by atoms with Crippen LogP contribution in [0.5, 0.6) is 0 Å². The second-order valence-corrected chi connectivity index (χ2v) is 6.52. The van der Waals surface area contributed by atoms with Crippen LogP contribution in [0.1, 0.15) is 41.5 Å². The SMILES string of the molecule is Cc1ccc(/C=C2\CCC/C(=C\c3ccc(C)cc3)C2O)cc1. The van der Waals surface area contributed by atoms with Crippen molar-refractivity contribution >= 4 is 12.2 Å². The van der Waals surface area contributed by atoms with Crippen molar-refractivity contribution in [2.45, 2.75) is 39.2 Å². The molecule has 1 N–H and O–H groups in total. The second kappa shape index (κ2) is 6.97. The third-order valence-electron chi connectivity index (χ3n) is 4.49. The summed E-state index contributed by atoms with van der Waals surface area (Å²) in [5.41, 5.74) is 7.10. The smallest absolute Gasteiger partial charge is 0.0967 e. The van der Waals surface area contributed by atoms with Gasteiger partial charge < -0.3 is 5.11 Å². The molecule has 0 unspecified atom stereocenters. The largest absolute Gasteiger partial charge is 0.384 e. The summed E-state index contributed by atoms with van der Waals surface area (Å²) in [7, 11) is 0. The number of rotatable bonds is 2. The van der Waals surface area contributed by atoms with E-state index in [9.17, 15) is 5.11 Å². The number of aliphatic hydroxyl groups is 1. The molecule has 1 nitrogen and oxygen atoms in total. The lowest BCUT2D eigenvalue weighted by atomic mass is 9.85. The minimum absolute atomic E-state index is 0.452. The van der Waals surface area contributed by atoms with Gasteiger partial charge in [0.25, 0.3) is 0 Å². The molecule has 1 aliphatic carbocycles. The Hall–Kier alpha value is -2.12. The van der Waals surface area contributed by atoms with Gasteiger partial charge in [-0.2, -0.15) is 0 Å². The summed E-state index contributed by atoms with van der Waals surface area (Å²) < 4.78 is 0. The summed E-state index contributed by atoms with van der Waals surface area (Å²) in [5.74, 6) is 0. The van der Waals surface area contributed by atoms with Crippen LogP contribution >= 0.6 is 0 Å². The van der Waals surface area contributed by atoms with Crippen molar-refractivity contribution in [2.24, 2.45) is 0 Å². The van der Waals surface area contributed by atoms with Crippen molar-refractivity contribution in [3.05, 3.63) is 81.9 Å². The predicted octanol–water partition coefficient (Wildman–Crippen LogP) is 5.32. The van der Waals surface area contributed by atoms with Crippen molar-refractivity contribution in [3.8, 4) is 0 Å². The van der Waals surface area contributed by atoms with Gasteiger partial charge in [0.15, 0.2) is 0 Å². The number of hydrogen-bond donors (Lipinski definition) is 1. The van der Waals surface area contributed by atoms with E-state index in [1.54, 1.807) is 0 Å². The molecular formula is C22H24O. The molecule has 0 heterocycles. The van der Waals surface area contributed by atoms with E-state index in [4.69, 9.17) is 0 Å². The van der Waals surface area contributed by atoms with Gasteiger partial charge in [0.05, 0.1) is 6.10 Å². The average Bonchev–Trinajstić information content (AvgIpc) is 2.55. The molecule has 3 rings (SSSR count). The molecule has 1 heteroatoms. The highest BCUT2D eigenvalue weighted by Crippen LogP contribution is 2.31. The molecule has 0 aliphatic heterocycles. The number of benzene rings is 2. The highest BCUT2D eigenvalue weighted by Gasteiger charge is 2.21. The first-order valence-corrected chi connectivity index (χ1v) is 8.34. The third kappa shape index (κ3) is 4.00. The lowest BCUT2D eigenvalue weighted by Gasteiger charge is -2.24. The van der Waals surface area contributed by atoms with Crippen LogP contribution in [-0.4, -0.2) is 11.2 Å². The Balaban J connectivity index is 1.84. The van der Waals surface area contributed by atoms with Gasteiger partial charge in [0.1, 0.15) is 0 Å². The molecule has 1 aliphatic rings. The monoisotopic (exact) mass is 304 g/mol. The summed E-state index contributed by atoms with van der Waals surface area (Å²) in [4.78, 5) is 0. The van der Waals surface area contributed by atoms with Crippen molar-refractivity contribution in [1.29, 1.82) is 0 Å². The summed E-state index contributed by atoms with van der Waals surface area (Å²) in [5, 5.41) is 10.7. The van der Waals surface area contributed by atoms with Gasteiger partial charge in [0, 0.05) is 0 Å². The minimum Gasteiger partial charge on any atom is -0.384 e. The maximum absolute atomic E-state index is 10.7. The van der Waals surface area contributed by atoms with Crippen LogP contribution < -0.4 is 0 Å². The van der Waals surface area contributed by atoms with Crippen LogP contribution in [0.4, 0.5) is 0 Å². The Morgan fingerprint density at radius 1 is 0.739 bits per heavy atom. The molecular weight excluding hydrogens is 280 g/mol. The van der Waals surface area contributed by atoms with Gasteiger partial charge in [-0.1, -0.05) is 71.8 Å². The van der Waals surface area contributed by atoms with Crippen LogP contribution in [0, 0.1) is 13.8 Å². The summed E-state index contributed by atoms with van der Waals surface area (Å²) in [6, 6.07) is 16.9. The lowest BCUT2D eigenvalue weighted by Crippen LogP contribution is -2.18. The van der Waals surface area contributed by atoms with E-state index < -0.39 is 6.10 Å². The number of hydrogen-bond acceptors (Lipinski definition) is 1. The zero-order valence-corrected chi connectivity index (χ0v) is 13.9. The van der Waals surface area contributed by atoms with Crippen molar-refractivity contribution < 1.29 is 5.11 Å². The van der Waals surface area contributed by atoms with Gasteiger partial charge in [-0.25, -0.2) is 0 Å². The highest BCUT2D eigenvalue weighted by molar-refractivity contribution is 5.61. The Morgan fingerprint density at radius 3 is 1.52 bits per heavy atom. The summed E-state index contributed by atoms with van der Waals surface area (Å²) in [6.07, 6.45) is 6.89. The highest BCUT2D eigenvalue weighted by atomic mass is 16.3. The van der Waals surface area contributed by atoms with Crippen LogP contribution in [0.3, 0.4) is 0 Å². The lowest BCUT2D eigenvalue weighted by molar-refractivity contribution is 0.229. The molecule has 0 amide bonds. The molecule has 0 atom stereocenters. The topological polar surface area (TPSA) is 20.2 Å². The van der Waals surface area contributed by atoms with Crippen molar-refractivity contribution in [3.63, 3.8) is 0 Å². The molecule has 0 radical (unpaired) electrons. The van der Waals surface area contributed by atoms with E-state index in [-0.39, 0.29) is 0 Å². The van der Waals surface area contributed by atoms with Gasteiger partial charge in [0.2, 0.25) is 0 Å². The predicted molar refractivity (Wildman–Crippen MR) is 98.2 cm³/mol. The third-order valence-corrected chi connectivity index (χ3v) is 4.49.